The van der Waals surface area contributed by atoms with Gasteiger partial charge in [-0.2, -0.15) is 0 Å². The Morgan fingerprint density at radius 1 is 1.07 bits per heavy atom. The molecule has 0 atom stereocenters. The number of hydrogen-bond donors (Lipinski definition) is 3. The lowest BCUT2D eigenvalue weighted by Gasteiger charge is -2.19. The lowest BCUT2D eigenvalue weighted by atomic mass is 9.87. The third-order valence-corrected chi connectivity index (χ3v) is 7.13. The van der Waals surface area contributed by atoms with E-state index in [-0.39, 0.29) is 27.6 Å². The molecule has 0 saturated heterocycles. The largest absolute Gasteiger partial charge is 0.512 e. The number of fused-ring (bicyclic) bond motifs is 1. The molecule has 30 heavy (non-hydrogen) atoms. The molecule has 0 spiro atoms. The molecule has 0 aliphatic rings. The number of rotatable bonds is 6. The Morgan fingerprint density at radius 3 is 2.23 bits per heavy atom. The predicted octanol–water partition coefficient (Wildman–Crippen LogP) is 5.81. The summed E-state index contributed by atoms with van der Waals surface area (Å²) in [6, 6.07) is 15.4. The number of phenols is 1. The molecule has 3 rings (SSSR count). The fourth-order valence-corrected chi connectivity index (χ4v) is 4.87. The van der Waals surface area contributed by atoms with Crippen molar-refractivity contribution in [3.8, 4) is 5.75 Å². The van der Waals surface area contributed by atoms with Crippen molar-refractivity contribution < 1.29 is 18.6 Å². The topological polar surface area (TPSA) is 86.6 Å². The number of thioether (sulfide) groups is 1. The van der Waals surface area contributed by atoms with Crippen molar-refractivity contribution in [1.82, 2.24) is 0 Å². The molecular weight excluding hydrogens is 418 g/mol. The van der Waals surface area contributed by atoms with E-state index in [0.717, 1.165) is 5.56 Å². The van der Waals surface area contributed by atoms with Crippen molar-refractivity contribution in [2.75, 3.05) is 10.5 Å². The van der Waals surface area contributed by atoms with E-state index in [0.29, 0.717) is 21.4 Å². The average molecular weight is 444 g/mol. The van der Waals surface area contributed by atoms with Gasteiger partial charge in [0.25, 0.3) is 10.0 Å². The summed E-state index contributed by atoms with van der Waals surface area (Å²) in [7, 11) is -3.84. The van der Waals surface area contributed by atoms with Crippen LogP contribution in [0.1, 0.15) is 26.3 Å². The number of aromatic hydroxyl groups is 1. The van der Waals surface area contributed by atoms with Crippen LogP contribution in [0.25, 0.3) is 10.8 Å². The first-order chi connectivity index (χ1) is 14.0. The SMILES string of the molecule is C=C(O)CSc1cc(NS(=O)(=O)c2ccc(C(C)(C)C)cc2)c2ccccc2c1O. The Kier molecular flexibility index (Phi) is 6.06. The number of anilines is 1. The molecule has 0 heterocycles. The first-order valence-electron chi connectivity index (χ1n) is 9.36. The Hall–Kier alpha value is -2.64. The summed E-state index contributed by atoms with van der Waals surface area (Å²) in [4.78, 5) is 0.607. The first-order valence-corrected chi connectivity index (χ1v) is 11.8. The third kappa shape index (κ3) is 4.74. The maximum atomic E-state index is 13.0. The molecule has 0 saturated carbocycles. The van der Waals surface area contributed by atoms with Gasteiger partial charge in [-0.15, -0.1) is 11.8 Å². The molecule has 0 aromatic heterocycles. The van der Waals surface area contributed by atoms with Gasteiger partial charge in [0.05, 0.1) is 27.0 Å². The molecule has 0 aliphatic carbocycles. The maximum Gasteiger partial charge on any atom is 0.261 e. The number of phenolic OH excluding ortho intramolecular Hbond substituents is 1. The minimum Gasteiger partial charge on any atom is -0.512 e. The van der Waals surface area contributed by atoms with Gasteiger partial charge < -0.3 is 10.2 Å². The molecule has 0 unspecified atom stereocenters. The summed E-state index contributed by atoms with van der Waals surface area (Å²) < 4.78 is 28.7. The predicted molar refractivity (Wildman–Crippen MR) is 124 cm³/mol. The van der Waals surface area contributed by atoms with Crippen LogP contribution in [0.3, 0.4) is 0 Å². The average Bonchev–Trinajstić information content (AvgIpc) is 2.68. The quantitative estimate of drug-likeness (QED) is 0.254. The van der Waals surface area contributed by atoms with Gasteiger partial charge in [-0.05, 0) is 29.2 Å². The van der Waals surface area contributed by atoms with Crippen LogP contribution in [0, 0.1) is 0 Å². The zero-order valence-corrected chi connectivity index (χ0v) is 18.8. The molecule has 0 aliphatic heterocycles. The second kappa shape index (κ2) is 8.24. The summed E-state index contributed by atoms with van der Waals surface area (Å²) >= 11 is 1.18. The monoisotopic (exact) mass is 443 g/mol. The highest BCUT2D eigenvalue weighted by atomic mass is 32.2. The Labute approximate surface area is 181 Å². The number of sulfonamides is 1. The fourth-order valence-electron chi connectivity index (χ4n) is 3.03. The van der Waals surface area contributed by atoms with E-state index in [4.69, 9.17) is 0 Å². The van der Waals surface area contributed by atoms with Gasteiger partial charge in [0.1, 0.15) is 5.75 Å². The van der Waals surface area contributed by atoms with Crippen LogP contribution >= 0.6 is 11.8 Å². The standard InChI is InChI=1S/C23H25NO4S2/c1-15(25)14-29-21-13-20(18-7-5-6-8-19(18)22(21)26)24-30(27,28)17-11-9-16(10-12-17)23(2,3)4/h5-13,24-26H,1,14H2,2-4H3. The molecule has 3 N–H and O–H groups in total. The number of hydrogen-bond acceptors (Lipinski definition) is 5. The van der Waals surface area contributed by atoms with Gasteiger partial charge in [-0.3, -0.25) is 4.72 Å². The fraction of sp³-hybridized carbons (Fsp3) is 0.217. The Balaban J connectivity index is 2.03. The third-order valence-electron chi connectivity index (χ3n) is 4.65. The van der Waals surface area contributed by atoms with E-state index in [1.54, 1.807) is 42.5 Å². The van der Waals surface area contributed by atoms with Crippen LogP contribution in [0.5, 0.6) is 5.75 Å². The van der Waals surface area contributed by atoms with Gasteiger partial charge in [0.15, 0.2) is 0 Å². The van der Waals surface area contributed by atoms with Crippen LogP contribution in [0.2, 0.25) is 0 Å². The van der Waals surface area contributed by atoms with E-state index in [1.807, 2.05) is 12.1 Å². The molecule has 5 nitrogen and oxygen atoms in total. The van der Waals surface area contributed by atoms with Crippen LogP contribution in [-0.2, 0) is 15.4 Å². The van der Waals surface area contributed by atoms with E-state index in [2.05, 4.69) is 32.1 Å². The zero-order chi connectivity index (χ0) is 22.1. The zero-order valence-electron chi connectivity index (χ0n) is 17.1. The summed E-state index contributed by atoms with van der Waals surface area (Å²) in [5, 5.41) is 21.1. The number of benzene rings is 3. The molecule has 0 bridgehead atoms. The van der Waals surface area contributed by atoms with Crippen molar-refractivity contribution in [2.45, 2.75) is 36.0 Å². The number of aliphatic hydroxyl groups is 1. The minimum absolute atomic E-state index is 0.0337. The smallest absolute Gasteiger partial charge is 0.261 e. The lowest BCUT2D eigenvalue weighted by molar-refractivity contribution is 0.420. The summed E-state index contributed by atoms with van der Waals surface area (Å²) in [5.41, 5.74) is 1.32. The van der Waals surface area contributed by atoms with Crippen LogP contribution in [0.4, 0.5) is 5.69 Å². The van der Waals surface area contributed by atoms with Crippen LogP contribution < -0.4 is 4.72 Å². The summed E-state index contributed by atoms with van der Waals surface area (Å²) in [6.07, 6.45) is 0. The van der Waals surface area contributed by atoms with Gasteiger partial charge in [0.2, 0.25) is 0 Å². The van der Waals surface area contributed by atoms with Crippen molar-refractivity contribution in [2.24, 2.45) is 0 Å². The van der Waals surface area contributed by atoms with E-state index >= 15 is 0 Å². The molecule has 0 fully saturated rings. The molecule has 3 aromatic carbocycles. The van der Waals surface area contributed by atoms with Crippen molar-refractivity contribution >= 4 is 38.2 Å². The van der Waals surface area contributed by atoms with Gasteiger partial charge in [0, 0.05) is 10.8 Å². The highest BCUT2D eigenvalue weighted by molar-refractivity contribution is 7.99. The maximum absolute atomic E-state index is 13.0. The van der Waals surface area contributed by atoms with Crippen LogP contribution in [-0.4, -0.2) is 24.4 Å². The van der Waals surface area contributed by atoms with E-state index in [9.17, 15) is 18.6 Å². The van der Waals surface area contributed by atoms with Gasteiger partial charge in [-0.25, -0.2) is 8.42 Å². The molecule has 7 heteroatoms. The number of nitrogens with one attached hydrogen (secondary N) is 1. The molecule has 158 valence electrons. The highest BCUT2D eigenvalue weighted by Gasteiger charge is 2.20. The van der Waals surface area contributed by atoms with Gasteiger partial charge in [-0.1, -0.05) is 63.7 Å². The normalized spacial score (nSPS) is 12.1. The number of aliphatic hydroxyl groups excluding tert-OH is 1. The lowest BCUT2D eigenvalue weighted by Crippen LogP contribution is -2.15. The molecule has 0 amide bonds. The summed E-state index contributed by atoms with van der Waals surface area (Å²) in [6.45, 7) is 9.65. The molecule has 3 aromatic rings. The van der Waals surface area contributed by atoms with Gasteiger partial charge >= 0.3 is 0 Å². The molecule has 0 radical (unpaired) electrons. The second-order valence-corrected chi connectivity index (χ2v) is 10.8. The highest BCUT2D eigenvalue weighted by Crippen LogP contribution is 2.40. The van der Waals surface area contributed by atoms with Crippen LogP contribution in [0.15, 0.2) is 76.7 Å². The van der Waals surface area contributed by atoms with E-state index in [1.165, 1.54) is 11.8 Å². The van der Waals surface area contributed by atoms with E-state index < -0.39 is 10.0 Å². The Bertz CT molecular complexity index is 1190. The Morgan fingerprint density at radius 2 is 1.67 bits per heavy atom. The molecular formula is C23H25NO4S2. The van der Waals surface area contributed by atoms with Crippen molar-refractivity contribution in [1.29, 1.82) is 0 Å². The minimum atomic E-state index is -3.84. The first kappa shape index (κ1) is 22.1. The summed E-state index contributed by atoms with van der Waals surface area (Å²) in [5.74, 6) is 0.190. The van der Waals surface area contributed by atoms with Crippen molar-refractivity contribution in [3.05, 3.63) is 72.5 Å². The second-order valence-electron chi connectivity index (χ2n) is 8.05. The van der Waals surface area contributed by atoms with Crippen molar-refractivity contribution in [3.63, 3.8) is 0 Å².